The maximum absolute atomic E-state index is 12.9. The summed E-state index contributed by atoms with van der Waals surface area (Å²) >= 11 is 0. The quantitative estimate of drug-likeness (QED) is 0.757. The Bertz CT molecular complexity index is 382. The summed E-state index contributed by atoms with van der Waals surface area (Å²) in [5, 5.41) is 3.20. The van der Waals surface area contributed by atoms with Crippen molar-refractivity contribution < 1.29 is 8.78 Å². The van der Waals surface area contributed by atoms with Crippen molar-refractivity contribution in [3.05, 3.63) is 35.4 Å². The molecule has 0 saturated carbocycles. The zero-order chi connectivity index (χ0) is 12.0. The van der Waals surface area contributed by atoms with E-state index in [4.69, 9.17) is 6.42 Å². The van der Waals surface area contributed by atoms with Crippen LogP contribution < -0.4 is 5.32 Å². The summed E-state index contributed by atoms with van der Waals surface area (Å²) in [7, 11) is 0. The highest BCUT2D eigenvalue weighted by Crippen LogP contribution is 2.09. The Kier molecular flexibility index (Phi) is 4.94. The topological polar surface area (TPSA) is 12.0 Å². The second-order valence-electron chi connectivity index (χ2n) is 3.64. The van der Waals surface area contributed by atoms with E-state index in [0.717, 1.165) is 18.1 Å². The van der Waals surface area contributed by atoms with Crippen molar-refractivity contribution in [2.24, 2.45) is 0 Å². The fraction of sp³-hybridized carbons (Fsp3) is 0.385. The molecule has 1 rings (SSSR count). The lowest BCUT2D eigenvalue weighted by molar-refractivity contribution is 0.493. The van der Waals surface area contributed by atoms with Crippen molar-refractivity contribution >= 4 is 0 Å². The molecule has 1 atom stereocenters. The molecule has 1 aromatic rings. The molecule has 16 heavy (non-hydrogen) atoms. The summed E-state index contributed by atoms with van der Waals surface area (Å²) in [6.07, 6.45) is 6.77. The molecule has 86 valence electrons. The molecule has 0 aliphatic rings. The van der Waals surface area contributed by atoms with Gasteiger partial charge in [-0.1, -0.05) is 13.0 Å². The zero-order valence-electron chi connectivity index (χ0n) is 9.26. The standard InChI is InChI=1S/C13H15F2N/c1-3-5-11(4-2)16-9-10-6-7-12(14)13(15)8-10/h1,6-8,11,16H,4-5,9H2,2H3. The van der Waals surface area contributed by atoms with Crippen molar-refractivity contribution in [3.8, 4) is 12.3 Å². The van der Waals surface area contributed by atoms with Gasteiger partial charge < -0.3 is 5.32 Å². The SMILES string of the molecule is C#CCC(CC)NCc1ccc(F)c(F)c1. The number of hydrogen-bond acceptors (Lipinski definition) is 1. The summed E-state index contributed by atoms with van der Waals surface area (Å²) in [6.45, 7) is 2.53. The monoisotopic (exact) mass is 223 g/mol. The highest BCUT2D eigenvalue weighted by atomic mass is 19.2. The third-order valence-electron chi connectivity index (χ3n) is 2.44. The molecule has 1 N–H and O–H groups in total. The van der Waals surface area contributed by atoms with Crippen LogP contribution in [0.15, 0.2) is 18.2 Å². The first-order valence-corrected chi connectivity index (χ1v) is 5.28. The first-order chi connectivity index (χ1) is 7.67. The van der Waals surface area contributed by atoms with E-state index in [9.17, 15) is 8.78 Å². The van der Waals surface area contributed by atoms with Crippen LogP contribution in [0.3, 0.4) is 0 Å². The summed E-state index contributed by atoms with van der Waals surface area (Å²) in [5.41, 5.74) is 0.717. The molecule has 0 saturated heterocycles. The molecule has 0 heterocycles. The largest absolute Gasteiger partial charge is 0.309 e. The van der Waals surface area contributed by atoms with Crippen molar-refractivity contribution in [2.75, 3.05) is 0 Å². The zero-order valence-corrected chi connectivity index (χ0v) is 9.26. The Morgan fingerprint density at radius 3 is 2.69 bits per heavy atom. The van der Waals surface area contributed by atoms with Crippen LogP contribution in [0.4, 0.5) is 8.78 Å². The van der Waals surface area contributed by atoms with Gasteiger partial charge >= 0.3 is 0 Å². The Balaban J connectivity index is 2.54. The van der Waals surface area contributed by atoms with Crippen LogP contribution in [0.1, 0.15) is 25.3 Å². The van der Waals surface area contributed by atoms with Gasteiger partial charge in [0, 0.05) is 19.0 Å². The fourth-order valence-electron chi connectivity index (χ4n) is 1.41. The molecule has 0 amide bonds. The van der Waals surface area contributed by atoms with Gasteiger partial charge in [-0.2, -0.15) is 0 Å². The highest BCUT2D eigenvalue weighted by Gasteiger charge is 2.05. The molecule has 0 spiro atoms. The average Bonchev–Trinajstić information content (AvgIpc) is 2.28. The molecule has 0 aliphatic heterocycles. The normalized spacial score (nSPS) is 12.1. The van der Waals surface area contributed by atoms with E-state index in [1.807, 2.05) is 6.92 Å². The minimum Gasteiger partial charge on any atom is -0.309 e. The minimum absolute atomic E-state index is 0.220. The van der Waals surface area contributed by atoms with Crippen molar-refractivity contribution in [2.45, 2.75) is 32.4 Å². The van der Waals surface area contributed by atoms with Crippen molar-refractivity contribution in [3.63, 3.8) is 0 Å². The number of rotatable bonds is 5. The third kappa shape index (κ3) is 3.63. The van der Waals surface area contributed by atoms with E-state index in [1.54, 1.807) is 6.07 Å². The molecule has 1 unspecified atom stereocenters. The van der Waals surface area contributed by atoms with Gasteiger partial charge in [0.1, 0.15) is 0 Å². The molecule has 0 radical (unpaired) electrons. The first kappa shape index (κ1) is 12.7. The molecule has 0 fully saturated rings. The molecular formula is C13H15F2N. The van der Waals surface area contributed by atoms with Gasteiger partial charge in [0.15, 0.2) is 11.6 Å². The Morgan fingerprint density at radius 1 is 1.38 bits per heavy atom. The molecular weight excluding hydrogens is 208 g/mol. The number of nitrogens with one attached hydrogen (secondary N) is 1. The number of halogens is 2. The molecule has 0 aromatic heterocycles. The average molecular weight is 223 g/mol. The number of terminal acetylenes is 1. The number of benzene rings is 1. The van der Waals surface area contributed by atoms with E-state index in [0.29, 0.717) is 13.0 Å². The highest BCUT2D eigenvalue weighted by molar-refractivity contribution is 5.17. The van der Waals surface area contributed by atoms with Gasteiger partial charge in [-0.15, -0.1) is 12.3 Å². The van der Waals surface area contributed by atoms with Gasteiger partial charge in [-0.25, -0.2) is 8.78 Å². The van der Waals surface area contributed by atoms with Crippen molar-refractivity contribution in [1.82, 2.24) is 5.32 Å². The lowest BCUT2D eigenvalue weighted by Gasteiger charge is -2.14. The summed E-state index contributed by atoms with van der Waals surface area (Å²) in [4.78, 5) is 0. The van der Waals surface area contributed by atoms with Crippen LogP contribution in [-0.2, 0) is 6.54 Å². The second kappa shape index (κ2) is 6.24. The van der Waals surface area contributed by atoms with E-state index < -0.39 is 11.6 Å². The lowest BCUT2D eigenvalue weighted by Crippen LogP contribution is -2.27. The Morgan fingerprint density at radius 2 is 2.12 bits per heavy atom. The Labute approximate surface area is 94.9 Å². The lowest BCUT2D eigenvalue weighted by atomic mass is 10.1. The molecule has 0 aliphatic carbocycles. The molecule has 0 bridgehead atoms. The Hall–Kier alpha value is -1.40. The predicted molar refractivity (Wildman–Crippen MR) is 60.7 cm³/mol. The van der Waals surface area contributed by atoms with Gasteiger partial charge in [0.25, 0.3) is 0 Å². The molecule has 3 heteroatoms. The smallest absolute Gasteiger partial charge is 0.159 e. The van der Waals surface area contributed by atoms with Crippen LogP contribution in [0.2, 0.25) is 0 Å². The maximum Gasteiger partial charge on any atom is 0.159 e. The third-order valence-corrected chi connectivity index (χ3v) is 2.44. The maximum atomic E-state index is 12.9. The summed E-state index contributed by atoms with van der Waals surface area (Å²) in [5.74, 6) is 0.943. The van der Waals surface area contributed by atoms with Crippen LogP contribution in [-0.4, -0.2) is 6.04 Å². The van der Waals surface area contributed by atoms with Crippen LogP contribution in [0.5, 0.6) is 0 Å². The molecule has 1 aromatic carbocycles. The van der Waals surface area contributed by atoms with Gasteiger partial charge in [-0.05, 0) is 24.1 Å². The predicted octanol–water partition coefficient (Wildman–Crippen LogP) is 2.86. The number of hydrogen-bond donors (Lipinski definition) is 1. The van der Waals surface area contributed by atoms with Crippen molar-refractivity contribution in [1.29, 1.82) is 0 Å². The van der Waals surface area contributed by atoms with Gasteiger partial charge in [0.2, 0.25) is 0 Å². The van der Waals surface area contributed by atoms with Gasteiger partial charge in [0.05, 0.1) is 0 Å². The van der Waals surface area contributed by atoms with E-state index >= 15 is 0 Å². The summed E-state index contributed by atoms with van der Waals surface area (Å²) in [6, 6.07) is 4.12. The fourth-order valence-corrected chi connectivity index (χ4v) is 1.41. The first-order valence-electron chi connectivity index (χ1n) is 5.28. The van der Waals surface area contributed by atoms with E-state index in [-0.39, 0.29) is 6.04 Å². The van der Waals surface area contributed by atoms with Gasteiger partial charge in [-0.3, -0.25) is 0 Å². The van der Waals surface area contributed by atoms with E-state index in [1.165, 1.54) is 6.07 Å². The molecule has 1 nitrogen and oxygen atoms in total. The van der Waals surface area contributed by atoms with E-state index in [2.05, 4.69) is 11.2 Å². The minimum atomic E-state index is -0.820. The van der Waals surface area contributed by atoms with Crippen LogP contribution >= 0.6 is 0 Å². The van der Waals surface area contributed by atoms with Crippen LogP contribution in [0.25, 0.3) is 0 Å². The van der Waals surface area contributed by atoms with Crippen LogP contribution in [0, 0.1) is 24.0 Å². The summed E-state index contributed by atoms with van der Waals surface area (Å²) < 4.78 is 25.6. The second-order valence-corrected chi connectivity index (χ2v) is 3.64.